The summed E-state index contributed by atoms with van der Waals surface area (Å²) in [6.07, 6.45) is 10.9. The molecule has 2 heteroatoms. The molecule has 21 heavy (non-hydrogen) atoms. The minimum Gasteiger partial charge on any atom is -0.253 e. The van der Waals surface area contributed by atoms with Gasteiger partial charge in [-0.05, 0) is 44.1 Å². The maximum Gasteiger partial charge on any atom is 0.0166 e. The molecular weight excluding hydrogens is 274 g/mol. The van der Waals surface area contributed by atoms with Crippen LogP contribution in [0.15, 0.2) is 0 Å². The topological polar surface area (TPSA) is 3.24 Å². The molecule has 0 radical (unpaired) electrons. The Hall–Kier alpha value is 0.310. The van der Waals surface area contributed by atoms with Crippen molar-refractivity contribution in [2.75, 3.05) is 13.6 Å². The summed E-state index contributed by atoms with van der Waals surface area (Å²) in [5, 5.41) is 0.765. The second-order valence-electron chi connectivity index (χ2n) is 8.11. The fraction of sp³-hybridized carbons (Fsp3) is 1.00. The van der Waals surface area contributed by atoms with Crippen LogP contribution in [0.25, 0.3) is 0 Å². The highest BCUT2D eigenvalue weighted by molar-refractivity contribution is 7.97. The van der Waals surface area contributed by atoms with Crippen LogP contribution in [0.2, 0.25) is 0 Å². The molecule has 0 N–H and O–H groups in total. The fourth-order valence-electron chi connectivity index (χ4n) is 2.62. The lowest BCUT2D eigenvalue weighted by Gasteiger charge is -2.22. The molecule has 0 fully saturated rings. The monoisotopic (exact) mass is 315 g/mol. The Morgan fingerprint density at radius 1 is 0.952 bits per heavy atom. The minimum absolute atomic E-state index is 0.494. The van der Waals surface area contributed by atoms with Crippen LogP contribution < -0.4 is 0 Å². The molecule has 0 aliphatic rings. The first-order chi connectivity index (χ1) is 9.74. The van der Waals surface area contributed by atoms with Crippen molar-refractivity contribution in [3.8, 4) is 0 Å². The van der Waals surface area contributed by atoms with E-state index in [0.29, 0.717) is 5.41 Å². The van der Waals surface area contributed by atoms with Gasteiger partial charge in [-0.3, -0.25) is 4.31 Å². The Labute approximate surface area is 139 Å². The number of unbranched alkanes of at least 4 members (excludes halogenated alkanes) is 2. The van der Waals surface area contributed by atoms with E-state index in [1.807, 2.05) is 0 Å². The van der Waals surface area contributed by atoms with Crippen LogP contribution in [-0.4, -0.2) is 23.1 Å². The molecule has 0 heterocycles. The highest BCUT2D eigenvalue weighted by Gasteiger charge is 2.12. The van der Waals surface area contributed by atoms with Crippen molar-refractivity contribution in [1.82, 2.24) is 4.31 Å². The molecule has 1 nitrogen and oxygen atoms in total. The molecule has 0 aliphatic carbocycles. The van der Waals surface area contributed by atoms with Crippen LogP contribution in [0.4, 0.5) is 0 Å². The molecule has 2 unspecified atom stereocenters. The lowest BCUT2D eigenvalue weighted by molar-refractivity contribution is 0.352. The highest BCUT2D eigenvalue weighted by Crippen LogP contribution is 2.25. The summed E-state index contributed by atoms with van der Waals surface area (Å²) in [6.45, 7) is 15.4. The maximum atomic E-state index is 2.46. The van der Waals surface area contributed by atoms with Gasteiger partial charge in [0.15, 0.2) is 0 Å². The largest absolute Gasteiger partial charge is 0.253 e. The van der Waals surface area contributed by atoms with E-state index in [1.54, 1.807) is 0 Å². The van der Waals surface area contributed by atoms with Crippen molar-refractivity contribution in [2.24, 2.45) is 11.3 Å². The summed E-state index contributed by atoms with van der Waals surface area (Å²) >= 11 is 2.06. The highest BCUT2D eigenvalue weighted by atomic mass is 32.2. The molecule has 0 saturated carbocycles. The van der Waals surface area contributed by atoms with Gasteiger partial charge in [-0.1, -0.05) is 79.2 Å². The first-order valence-corrected chi connectivity index (χ1v) is 9.96. The number of hydrogen-bond acceptors (Lipinski definition) is 2. The Morgan fingerprint density at radius 2 is 1.62 bits per heavy atom. The second kappa shape index (κ2) is 11.8. The third-order valence-corrected chi connectivity index (χ3v) is 5.26. The molecule has 128 valence electrons. The van der Waals surface area contributed by atoms with Gasteiger partial charge in [0.05, 0.1) is 0 Å². The summed E-state index contributed by atoms with van der Waals surface area (Å²) < 4.78 is 2.46. The van der Waals surface area contributed by atoms with E-state index >= 15 is 0 Å². The molecular formula is C19H41NS. The zero-order chi connectivity index (χ0) is 16.3. The number of hydrogen-bond donors (Lipinski definition) is 0. The standard InChI is InChI=1S/C19H41NS/c1-8-9-12-17(2)13-14-18(3)21-20(7)16-11-10-15-19(4,5)6/h17-18H,8-16H2,1-7H3. The Kier molecular flexibility index (Phi) is 12.0. The average Bonchev–Trinajstić information content (AvgIpc) is 2.38. The first kappa shape index (κ1) is 21.3. The Balaban J connectivity index is 3.62. The van der Waals surface area contributed by atoms with Crippen molar-refractivity contribution in [3.05, 3.63) is 0 Å². The zero-order valence-electron chi connectivity index (χ0n) is 15.9. The summed E-state index contributed by atoms with van der Waals surface area (Å²) in [5.74, 6) is 0.907. The van der Waals surface area contributed by atoms with E-state index in [2.05, 4.69) is 64.8 Å². The van der Waals surface area contributed by atoms with Crippen LogP contribution in [0, 0.1) is 11.3 Å². The first-order valence-electron chi connectivity index (χ1n) is 9.12. The lowest BCUT2D eigenvalue weighted by atomic mass is 9.90. The molecule has 0 aromatic rings. The number of nitrogens with zero attached hydrogens (tertiary/aromatic N) is 1. The van der Waals surface area contributed by atoms with Gasteiger partial charge >= 0.3 is 0 Å². The molecule has 0 amide bonds. The second-order valence-corrected chi connectivity index (χ2v) is 9.75. The van der Waals surface area contributed by atoms with Gasteiger partial charge in [-0.25, -0.2) is 0 Å². The van der Waals surface area contributed by atoms with Gasteiger partial charge in [0.2, 0.25) is 0 Å². The van der Waals surface area contributed by atoms with Crippen molar-refractivity contribution in [2.45, 2.75) is 98.2 Å². The lowest BCUT2D eigenvalue weighted by Crippen LogP contribution is -2.16. The maximum absolute atomic E-state index is 2.46. The van der Waals surface area contributed by atoms with E-state index in [9.17, 15) is 0 Å². The molecule has 0 bridgehead atoms. The van der Waals surface area contributed by atoms with Gasteiger partial charge in [0.1, 0.15) is 0 Å². The predicted molar refractivity (Wildman–Crippen MR) is 101 cm³/mol. The molecule has 0 rings (SSSR count). The summed E-state index contributed by atoms with van der Waals surface area (Å²) in [4.78, 5) is 0. The van der Waals surface area contributed by atoms with Crippen molar-refractivity contribution in [1.29, 1.82) is 0 Å². The van der Waals surface area contributed by atoms with Gasteiger partial charge in [0.25, 0.3) is 0 Å². The van der Waals surface area contributed by atoms with Crippen molar-refractivity contribution < 1.29 is 0 Å². The minimum atomic E-state index is 0.494. The van der Waals surface area contributed by atoms with E-state index < -0.39 is 0 Å². The van der Waals surface area contributed by atoms with Crippen LogP contribution in [0.1, 0.15) is 92.9 Å². The van der Waals surface area contributed by atoms with E-state index in [4.69, 9.17) is 0 Å². The third-order valence-electron chi connectivity index (χ3n) is 4.13. The summed E-state index contributed by atoms with van der Waals surface area (Å²) in [7, 11) is 2.26. The third kappa shape index (κ3) is 15.0. The van der Waals surface area contributed by atoms with Crippen molar-refractivity contribution >= 4 is 11.9 Å². The molecule has 0 aromatic carbocycles. The number of rotatable bonds is 12. The quantitative estimate of drug-likeness (QED) is 0.288. The summed E-state index contributed by atoms with van der Waals surface area (Å²) in [6, 6.07) is 0. The average molecular weight is 316 g/mol. The normalized spacial score (nSPS) is 15.4. The van der Waals surface area contributed by atoms with Crippen molar-refractivity contribution in [3.63, 3.8) is 0 Å². The van der Waals surface area contributed by atoms with Gasteiger partial charge in [-0.2, -0.15) is 0 Å². The van der Waals surface area contributed by atoms with E-state index in [0.717, 1.165) is 11.2 Å². The van der Waals surface area contributed by atoms with Crippen LogP contribution in [0.3, 0.4) is 0 Å². The van der Waals surface area contributed by atoms with Gasteiger partial charge in [-0.15, -0.1) is 0 Å². The SMILES string of the molecule is CCCCC(C)CCC(C)SN(C)CCCCC(C)(C)C. The molecule has 2 atom stereocenters. The molecule has 0 aromatic heterocycles. The van der Waals surface area contributed by atoms with Crippen LogP contribution in [-0.2, 0) is 0 Å². The van der Waals surface area contributed by atoms with E-state index in [-0.39, 0.29) is 0 Å². The molecule has 0 saturated heterocycles. The Bertz CT molecular complexity index is 234. The fourth-order valence-corrected chi connectivity index (χ4v) is 3.71. The zero-order valence-corrected chi connectivity index (χ0v) is 16.7. The van der Waals surface area contributed by atoms with E-state index in [1.165, 1.54) is 57.9 Å². The van der Waals surface area contributed by atoms with Gasteiger partial charge in [0, 0.05) is 11.8 Å². The van der Waals surface area contributed by atoms with Crippen LogP contribution >= 0.6 is 11.9 Å². The van der Waals surface area contributed by atoms with Crippen LogP contribution in [0.5, 0.6) is 0 Å². The predicted octanol–water partition coefficient (Wildman–Crippen LogP) is 6.78. The van der Waals surface area contributed by atoms with Gasteiger partial charge < -0.3 is 0 Å². The summed E-state index contributed by atoms with van der Waals surface area (Å²) in [5.41, 5.74) is 0.494. The molecule has 0 aliphatic heterocycles. The molecule has 0 spiro atoms. The smallest absolute Gasteiger partial charge is 0.0166 e. The Morgan fingerprint density at radius 3 is 2.19 bits per heavy atom.